The number of nitrogens with zero attached hydrogens (tertiary/aromatic N) is 1. The van der Waals surface area contributed by atoms with Crippen LogP contribution in [-0.4, -0.2) is 31.0 Å². The van der Waals surface area contributed by atoms with Crippen LogP contribution in [0.15, 0.2) is 60.6 Å². The monoisotopic (exact) mass is 429 g/mol. The molecule has 0 amide bonds. The van der Waals surface area contributed by atoms with E-state index in [1.807, 2.05) is 18.2 Å². The maximum atomic E-state index is 13.2. The highest BCUT2D eigenvalue weighted by Gasteiger charge is 2.38. The van der Waals surface area contributed by atoms with Crippen LogP contribution in [0.1, 0.15) is 39.4 Å². The van der Waals surface area contributed by atoms with E-state index in [0.717, 1.165) is 5.56 Å². The maximum Gasteiger partial charge on any atom is 0.312 e. The van der Waals surface area contributed by atoms with Crippen LogP contribution >= 0.6 is 0 Å². The molecule has 1 atom stereocenters. The maximum absolute atomic E-state index is 13.2. The molecule has 7 heteroatoms. The second-order valence-corrected chi connectivity index (χ2v) is 7.39. The number of hydrogen-bond donors (Lipinski definition) is 0. The highest BCUT2D eigenvalue weighted by Crippen LogP contribution is 2.49. The number of Topliss-reactive ketones (excluding diaryl/α,β-unsaturated/α-hetero) is 1. The van der Waals surface area contributed by atoms with Crippen molar-refractivity contribution in [1.29, 1.82) is 0 Å². The van der Waals surface area contributed by atoms with E-state index >= 15 is 0 Å². The van der Waals surface area contributed by atoms with Crippen LogP contribution in [0.25, 0.3) is 6.08 Å². The number of fused-ring (bicyclic) bond motifs is 3. The van der Waals surface area contributed by atoms with E-state index in [-0.39, 0.29) is 29.9 Å². The van der Waals surface area contributed by atoms with Gasteiger partial charge in [0.2, 0.25) is 5.78 Å². The minimum absolute atomic E-state index is 0.147. The normalized spacial score (nSPS) is 17.9. The fraction of sp³-hybridized carbons (Fsp3) is 0.160. The minimum Gasteiger partial charge on any atom is -0.493 e. The molecule has 0 aliphatic carbocycles. The Morgan fingerprint density at radius 1 is 1.00 bits per heavy atom. The molecule has 0 saturated heterocycles. The zero-order chi connectivity index (χ0) is 22.2. The molecular weight excluding hydrogens is 410 g/mol. The first kappa shape index (κ1) is 19.8. The molecule has 160 valence electrons. The third-order valence-electron chi connectivity index (χ3n) is 5.61. The number of ether oxygens (including phenoxy) is 4. The molecule has 2 aromatic carbocycles. The number of ketones is 1. The van der Waals surface area contributed by atoms with E-state index in [1.54, 1.807) is 49.8 Å². The molecule has 3 heterocycles. The van der Waals surface area contributed by atoms with Crippen LogP contribution < -0.4 is 18.9 Å². The smallest absolute Gasteiger partial charge is 0.312 e. The first-order chi connectivity index (χ1) is 15.6. The number of rotatable bonds is 4. The van der Waals surface area contributed by atoms with Crippen LogP contribution in [0.4, 0.5) is 0 Å². The highest BCUT2D eigenvalue weighted by atomic mass is 16.5. The van der Waals surface area contributed by atoms with E-state index in [1.165, 1.54) is 7.11 Å². The first-order valence-corrected chi connectivity index (χ1v) is 10.0. The summed E-state index contributed by atoms with van der Waals surface area (Å²) < 4.78 is 22.4. The number of carbonyl (C=O) groups excluding carboxylic acids is 2. The van der Waals surface area contributed by atoms with Crippen LogP contribution in [-0.2, 0) is 4.79 Å². The standard InChI is InChI=1S/C25H19NO6/c1-29-19-5-3-4-15(24(19)30-2)12-20-23(28)16-6-7-18-22(25(16)32-20)17(13-21(27)31-18)14-8-10-26-11-9-14/h3-12,17H,13H2,1-2H3. The summed E-state index contributed by atoms with van der Waals surface area (Å²) in [6, 6.07) is 12.4. The quantitative estimate of drug-likeness (QED) is 0.350. The van der Waals surface area contributed by atoms with Gasteiger partial charge in [0.05, 0.1) is 26.2 Å². The molecule has 7 nitrogen and oxygen atoms in total. The number of para-hydroxylation sites is 1. The van der Waals surface area contributed by atoms with E-state index < -0.39 is 0 Å². The zero-order valence-electron chi connectivity index (χ0n) is 17.5. The lowest BCUT2D eigenvalue weighted by Gasteiger charge is -2.26. The van der Waals surface area contributed by atoms with Gasteiger partial charge in [0, 0.05) is 29.4 Å². The Morgan fingerprint density at radius 2 is 1.81 bits per heavy atom. The Balaban J connectivity index is 1.61. The van der Waals surface area contributed by atoms with Gasteiger partial charge in [-0.2, -0.15) is 0 Å². The summed E-state index contributed by atoms with van der Waals surface area (Å²) in [5, 5.41) is 0. The second-order valence-electron chi connectivity index (χ2n) is 7.39. The summed E-state index contributed by atoms with van der Waals surface area (Å²) in [6.07, 6.45) is 5.12. The number of hydrogen-bond acceptors (Lipinski definition) is 7. The summed E-state index contributed by atoms with van der Waals surface area (Å²) in [6.45, 7) is 0. The summed E-state index contributed by atoms with van der Waals surface area (Å²) in [5.41, 5.74) is 2.65. The van der Waals surface area contributed by atoms with Gasteiger partial charge in [-0.3, -0.25) is 14.6 Å². The van der Waals surface area contributed by atoms with E-state index in [2.05, 4.69) is 4.98 Å². The van der Waals surface area contributed by atoms with Crippen molar-refractivity contribution in [3.05, 3.63) is 82.9 Å². The van der Waals surface area contributed by atoms with Gasteiger partial charge < -0.3 is 18.9 Å². The molecular formula is C25H19NO6. The van der Waals surface area contributed by atoms with Crippen LogP contribution in [0, 0.1) is 0 Å². The van der Waals surface area contributed by atoms with Gasteiger partial charge >= 0.3 is 5.97 Å². The topological polar surface area (TPSA) is 84.0 Å². The number of carbonyl (C=O) groups is 2. The number of allylic oxidation sites excluding steroid dienone is 1. The van der Waals surface area contributed by atoms with Gasteiger partial charge in [-0.1, -0.05) is 12.1 Å². The molecule has 3 aromatic rings. The van der Waals surface area contributed by atoms with Crippen molar-refractivity contribution in [2.24, 2.45) is 0 Å². The molecule has 0 N–H and O–H groups in total. The van der Waals surface area contributed by atoms with Crippen molar-refractivity contribution in [2.45, 2.75) is 12.3 Å². The third kappa shape index (κ3) is 3.19. The summed E-state index contributed by atoms with van der Waals surface area (Å²) in [5.74, 6) is 1.13. The van der Waals surface area contributed by atoms with E-state index in [4.69, 9.17) is 18.9 Å². The fourth-order valence-corrected chi connectivity index (χ4v) is 4.15. The molecule has 0 saturated carbocycles. The number of pyridine rings is 1. The van der Waals surface area contributed by atoms with Crippen LogP contribution in [0.5, 0.6) is 23.0 Å². The van der Waals surface area contributed by atoms with Crippen molar-refractivity contribution < 1.29 is 28.5 Å². The van der Waals surface area contributed by atoms with Crippen molar-refractivity contribution in [3.8, 4) is 23.0 Å². The largest absolute Gasteiger partial charge is 0.493 e. The summed E-state index contributed by atoms with van der Waals surface area (Å²) >= 11 is 0. The lowest BCUT2D eigenvalue weighted by molar-refractivity contribution is -0.135. The van der Waals surface area contributed by atoms with E-state index in [0.29, 0.717) is 39.7 Å². The highest BCUT2D eigenvalue weighted by molar-refractivity contribution is 6.15. The number of benzene rings is 2. The number of aromatic nitrogens is 1. The molecule has 0 radical (unpaired) electrons. The van der Waals surface area contributed by atoms with Gasteiger partial charge in [0.1, 0.15) is 11.5 Å². The Hall–Kier alpha value is -4.13. The van der Waals surface area contributed by atoms with Gasteiger partial charge in [0.15, 0.2) is 17.3 Å². The van der Waals surface area contributed by atoms with E-state index in [9.17, 15) is 9.59 Å². The summed E-state index contributed by atoms with van der Waals surface area (Å²) in [4.78, 5) is 29.4. The van der Waals surface area contributed by atoms with Crippen LogP contribution in [0.2, 0.25) is 0 Å². The molecule has 1 aromatic heterocycles. The number of esters is 1. The lowest BCUT2D eigenvalue weighted by Crippen LogP contribution is -2.21. The lowest BCUT2D eigenvalue weighted by atomic mass is 9.85. The third-order valence-corrected chi connectivity index (χ3v) is 5.61. The molecule has 32 heavy (non-hydrogen) atoms. The molecule has 0 fully saturated rings. The zero-order valence-corrected chi connectivity index (χ0v) is 17.5. The van der Waals surface area contributed by atoms with Gasteiger partial charge in [-0.15, -0.1) is 0 Å². The average Bonchev–Trinajstić information content (AvgIpc) is 3.14. The second kappa shape index (κ2) is 7.85. The van der Waals surface area contributed by atoms with Gasteiger partial charge in [-0.25, -0.2) is 0 Å². The van der Waals surface area contributed by atoms with Crippen molar-refractivity contribution in [3.63, 3.8) is 0 Å². The molecule has 1 unspecified atom stereocenters. The predicted molar refractivity (Wildman–Crippen MR) is 115 cm³/mol. The SMILES string of the molecule is COc1cccc(C=C2Oc3c(ccc4c3C(c3ccncc3)CC(=O)O4)C2=O)c1OC. The predicted octanol–water partition coefficient (Wildman–Crippen LogP) is 4.16. The molecule has 5 rings (SSSR count). The Labute approximate surface area is 184 Å². The summed E-state index contributed by atoms with van der Waals surface area (Å²) in [7, 11) is 3.09. The Morgan fingerprint density at radius 3 is 2.56 bits per heavy atom. The molecule has 2 aliphatic heterocycles. The fourth-order valence-electron chi connectivity index (χ4n) is 4.15. The molecule has 2 aliphatic rings. The Bertz CT molecular complexity index is 1260. The van der Waals surface area contributed by atoms with Crippen molar-refractivity contribution in [2.75, 3.05) is 14.2 Å². The molecule has 0 spiro atoms. The Kier molecular flexibility index (Phi) is 4.86. The van der Waals surface area contributed by atoms with Crippen molar-refractivity contribution in [1.82, 2.24) is 4.98 Å². The minimum atomic E-state index is -0.333. The van der Waals surface area contributed by atoms with Gasteiger partial charge in [0.25, 0.3) is 0 Å². The molecule has 0 bridgehead atoms. The van der Waals surface area contributed by atoms with Gasteiger partial charge in [-0.05, 0) is 42.0 Å². The van der Waals surface area contributed by atoms with Crippen molar-refractivity contribution >= 4 is 17.8 Å². The average molecular weight is 429 g/mol. The first-order valence-electron chi connectivity index (χ1n) is 10.0. The van der Waals surface area contributed by atoms with Crippen LogP contribution in [0.3, 0.4) is 0 Å². The number of methoxy groups -OCH3 is 2.